The van der Waals surface area contributed by atoms with Crippen LogP contribution in [0.25, 0.3) is 22.3 Å². The van der Waals surface area contributed by atoms with E-state index >= 15 is 4.39 Å². The standard InChI is InChI=1S/C32H39F2N7/c1-5-40-13-11-22(12-14-40)29(21-7-6-8-21)23-9-10-28(35-17-23)38-32-36-18-26(34)30(39-32)24-15-25(33)31-27(16-24)41(19(2)3)20(4)37-31/h9-10,15-19,21-22,29H,5-8,11-14H2,1-4H3,(H,35,36,38,39)/t29-/m0/s1. The smallest absolute Gasteiger partial charge is 0.229 e. The third-order valence-electron chi connectivity index (χ3n) is 9.12. The molecule has 1 saturated heterocycles. The molecule has 0 amide bonds. The molecule has 0 bridgehead atoms. The number of fused-ring (bicyclic) bond motifs is 1. The van der Waals surface area contributed by atoms with Gasteiger partial charge in [0.25, 0.3) is 0 Å². The lowest BCUT2D eigenvalue weighted by Crippen LogP contribution is -2.38. The summed E-state index contributed by atoms with van der Waals surface area (Å²) in [6.07, 6.45) is 9.50. The van der Waals surface area contributed by atoms with E-state index in [1.165, 1.54) is 56.8 Å². The van der Waals surface area contributed by atoms with Crippen molar-refractivity contribution in [3.05, 3.63) is 59.7 Å². The molecule has 41 heavy (non-hydrogen) atoms. The number of anilines is 2. The first-order valence-corrected chi connectivity index (χ1v) is 15.0. The Morgan fingerprint density at radius 2 is 1.71 bits per heavy atom. The summed E-state index contributed by atoms with van der Waals surface area (Å²) in [6, 6.07) is 7.24. The number of nitrogens with one attached hydrogen (secondary N) is 1. The van der Waals surface area contributed by atoms with Crippen LogP contribution in [0.3, 0.4) is 0 Å². The predicted molar refractivity (Wildman–Crippen MR) is 158 cm³/mol. The highest BCUT2D eigenvalue weighted by Gasteiger charge is 2.36. The van der Waals surface area contributed by atoms with Gasteiger partial charge in [0.05, 0.1) is 11.7 Å². The molecule has 2 fully saturated rings. The maximum absolute atomic E-state index is 15.1. The summed E-state index contributed by atoms with van der Waals surface area (Å²) < 4.78 is 32.0. The van der Waals surface area contributed by atoms with Crippen LogP contribution in [0.4, 0.5) is 20.5 Å². The average molecular weight is 560 g/mol. The molecule has 0 unspecified atom stereocenters. The normalized spacial score (nSPS) is 17.7. The van der Waals surface area contributed by atoms with Gasteiger partial charge in [-0.05, 0) is 108 Å². The van der Waals surface area contributed by atoms with Gasteiger partial charge in [0.15, 0.2) is 11.6 Å². The summed E-state index contributed by atoms with van der Waals surface area (Å²) in [4.78, 5) is 20.2. The number of rotatable bonds is 8. The van der Waals surface area contributed by atoms with Gasteiger partial charge in [0.1, 0.15) is 22.9 Å². The zero-order valence-corrected chi connectivity index (χ0v) is 24.4. The summed E-state index contributed by atoms with van der Waals surface area (Å²) in [7, 11) is 0. The summed E-state index contributed by atoms with van der Waals surface area (Å²) in [5.74, 6) is 2.36. The van der Waals surface area contributed by atoms with E-state index in [9.17, 15) is 4.39 Å². The number of piperidine rings is 1. The molecule has 0 radical (unpaired) electrons. The van der Waals surface area contributed by atoms with E-state index in [1.54, 1.807) is 6.07 Å². The van der Waals surface area contributed by atoms with Crippen LogP contribution in [0.5, 0.6) is 0 Å². The minimum absolute atomic E-state index is 0.0255. The van der Waals surface area contributed by atoms with E-state index < -0.39 is 11.6 Å². The lowest BCUT2D eigenvalue weighted by molar-refractivity contribution is 0.127. The molecule has 1 aromatic carbocycles. The van der Waals surface area contributed by atoms with Crippen molar-refractivity contribution >= 4 is 22.8 Å². The maximum atomic E-state index is 15.1. The summed E-state index contributed by atoms with van der Waals surface area (Å²) in [5, 5.41) is 3.13. The molecule has 1 aliphatic carbocycles. The fourth-order valence-electron chi connectivity index (χ4n) is 6.83. The van der Waals surface area contributed by atoms with Crippen molar-refractivity contribution in [2.75, 3.05) is 25.0 Å². The third kappa shape index (κ3) is 5.44. The summed E-state index contributed by atoms with van der Waals surface area (Å²) >= 11 is 0. The van der Waals surface area contributed by atoms with Crippen LogP contribution in [0, 0.1) is 30.4 Å². The molecular formula is C32H39F2N7. The van der Waals surface area contributed by atoms with Crippen molar-refractivity contribution in [2.24, 2.45) is 11.8 Å². The number of halogens is 2. The van der Waals surface area contributed by atoms with Crippen molar-refractivity contribution < 1.29 is 8.78 Å². The highest BCUT2D eigenvalue weighted by molar-refractivity contribution is 5.83. The second-order valence-corrected chi connectivity index (χ2v) is 11.9. The van der Waals surface area contributed by atoms with E-state index in [0.29, 0.717) is 34.6 Å². The van der Waals surface area contributed by atoms with Crippen LogP contribution >= 0.6 is 0 Å². The number of imidazole rings is 1. The largest absolute Gasteiger partial charge is 0.326 e. The van der Waals surface area contributed by atoms with Crippen LogP contribution in [-0.4, -0.2) is 49.0 Å². The molecule has 4 aromatic rings. The fraction of sp³-hybridized carbons (Fsp3) is 0.500. The number of aromatic nitrogens is 5. The van der Waals surface area contributed by atoms with E-state index in [-0.39, 0.29) is 23.2 Å². The number of likely N-dealkylation sites (tertiary alicyclic amines) is 1. The van der Waals surface area contributed by atoms with Crippen LogP contribution in [0.15, 0.2) is 36.7 Å². The Hall–Kier alpha value is -3.46. The van der Waals surface area contributed by atoms with Crippen LogP contribution in [0.1, 0.15) is 76.2 Å². The van der Waals surface area contributed by atoms with Crippen LogP contribution in [-0.2, 0) is 0 Å². The van der Waals surface area contributed by atoms with Gasteiger partial charge in [-0.3, -0.25) is 0 Å². The molecule has 1 saturated carbocycles. The highest BCUT2D eigenvalue weighted by atomic mass is 19.1. The molecule has 1 atom stereocenters. The van der Waals surface area contributed by atoms with E-state index in [2.05, 4.69) is 38.2 Å². The molecule has 1 N–H and O–H groups in total. The molecule has 4 heterocycles. The van der Waals surface area contributed by atoms with Gasteiger partial charge in [-0.25, -0.2) is 28.7 Å². The third-order valence-corrected chi connectivity index (χ3v) is 9.12. The Labute approximate surface area is 240 Å². The zero-order chi connectivity index (χ0) is 28.7. The predicted octanol–water partition coefficient (Wildman–Crippen LogP) is 7.42. The van der Waals surface area contributed by atoms with Gasteiger partial charge in [-0.1, -0.05) is 19.4 Å². The zero-order valence-electron chi connectivity index (χ0n) is 24.4. The van der Waals surface area contributed by atoms with Gasteiger partial charge in [0, 0.05) is 17.8 Å². The van der Waals surface area contributed by atoms with Gasteiger partial charge in [-0.15, -0.1) is 0 Å². The SMILES string of the molecule is CCN1CCC([C@@H](c2ccc(Nc3ncc(F)c(-c4cc(F)c5nc(C)n(C(C)C)c5c4)n3)nc2)C2CCC2)CC1. The Kier molecular flexibility index (Phi) is 7.72. The van der Waals surface area contributed by atoms with Gasteiger partial charge in [0.2, 0.25) is 5.95 Å². The first kappa shape index (κ1) is 27.7. The molecule has 216 valence electrons. The Morgan fingerprint density at radius 1 is 0.951 bits per heavy atom. The minimum Gasteiger partial charge on any atom is -0.326 e. The molecule has 1 aliphatic heterocycles. The highest BCUT2D eigenvalue weighted by Crippen LogP contribution is 2.46. The van der Waals surface area contributed by atoms with Crippen molar-refractivity contribution in [2.45, 2.75) is 71.8 Å². The Bertz CT molecular complexity index is 1520. The van der Waals surface area contributed by atoms with Crippen LogP contribution in [0.2, 0.25) is 0 Å². The number of pyridine rings is 1. The van der Waals surface area contributed by atoms with Crippen molar-refractivity contribution in [3.8, 4) is 11.3 Å². The van der Waals surface area contributed by atoms with E-state index in [4.69, 9.17) is 4.98 Å². The van der Waals surface area contributed by atoms with Gasteiger partial charge in [-0.2, -0.15) is 0 Å². The molecular weight excluding hydrogens is 520 g/mol. The van der Waals surface area contributed by atoms with Crippen molar-refractivity contribution in [3.63, 3.8) is 0 Å². The monoisotopic (exact) mass is 559 g/mol. The number of nitrogens with zero attached hydrogens (tertiary/aromatic N) is 6. The lowest BCUT2D eigenvalue weighted by Gasteiger charge is -2.42. The van der Waals surface area contributed by atoms with Crippen molar-refractivity contribution in [1.82, 2.24) is 29.4 Å². The second kappa shape index (κ2) is 11.4. The molecule has 9 heteroatoms. The first-order chi connectivity index (χ1) is 19.8. The number of aryl methyl sites for hydroxylation is 1. The number of benzene rings is 1. The fourth-order valence-corrected chi connectivity index (χ4v) is 6.83. The van der Waals surface area contributed by atoms with Crippen LogP contribution < -0.4 is 5.32 Å². The maximum Gasteiger partial charge on any atom is 0.229 e. The summed E-state index contributed by atoms with van der Waals surface area (Å²) in [6.45, 7) is 11.6. The molecule has 0 spiro atoms. The topological polar surface area (TPSA) is 71.8 Å². The van der Waals surface area contributed by atoms with Gasteiger partial charge < -0.3 is 14.8 Å². The minimum atomic E-state index is -0.623. The number of hydrogen-bond acceptors (Lipinski definition) is 6. The molecule has 7 nitrogen and oxygen atoms in total. The average Bonchev–Trinajstić information content (AvgIpc) is 3.29. The van der Waals surface area contributed by atoms with E-state index in [1.807, 2.05) is 37.6 Å². The Balaban J connectivity index is 1.24. The molecule has 2 aliphatic rings. The second-order valence-electron chi connectivity index (χ2n) is 11.9. The summed E-state index contributed by atoms with van der Waals surface area (Å²) in [5.41, 5.74) is 2.54. The van der Waals surface area contributed by atoms with E-state index in [0.717, 1.165) is 18.7 Å². The number of hydrogen-bond donors (Lipinski definition) is 1. The Morgan fingerprint density at radius 3 is 2.34 bits per heavy atom. The van der Waals surface area contributed by atoms with Gasteiger partial charge >= 0.3 is 0 Å². The molecule has 6 rings (SSSR count). The quantitative estimate of drug-likeness (QED) is 0.242. The first-order valence-electron chi connectivity index (χ1n) is 15.0. The lowest BCUT2D eigenvalue weighted by atomic mass is 9.66. The van der Waals surface area contributed by atoms with Crippen molar-refractivity contribution in [1.29, 1.82) is 0 Å². The molecule has 3 aromatic heterocycles.